The Bertz CT molecular complexity index is 770. The third-order valence-electron chi connectivity index (χ3n) is 4.73. The quantitative estimate of drug-likeness (QED) is 0.609. The van der Waals surface area contributed by atoms with Crippen molar-refractivity contribution in [3.63, 3.8) is 0 Å². The van der Waals surface area contributed by atoms with E-state index in [1.807, 2.05) is 24.3 Å². The molecule has 0 bridgehead atoms. The number of ether oxygens (including phenoxy) is 1. The van der Waals surface area contributed by atoms with Gasteiger partial charge in [-0.3, -0.25) is 4.79 Å². The highest BCUT2D eigenvalue weighted by Gasteiger charge is 2.43. The fourth-order valence-electron chi connectivity index (χ4n) is 3.17. The third kappa shape index (κ3) is 3.56. The Balaban J connectivity index is 1.90. The Morgan fingerprint density at radius 3 is 2.27 bits per heavy atom. The highest BCUT2D eigenvalue weighted by Crippen LogP contribution is 2.34. The van der Waals surface area contributed by atoms with Gasteiger partial charge < -0.3 is 25.2 Å². The summed E-state index contributed by atoms with van der Waals surface area (Å²) >= 11 is 0. The van der Waals surface area contributed by atoms with E-state index < -0.39 is 37.1 Å². The van der Waals surface area contributed by atoms with Crippen molar-refractivity contribution in [1.29, 1.82) is 0 Å². The Hall–Kier alpha value is -2.09. The lowest BCUT2D eigenvalue weighted by atomic mass is 9.90. The molecule has 6 heteroatoms. The molecule has 2 aromatic rings. The van der Waals surface area contributed by atoms with Crippen LogP contribution in [0.2, 0.25) is 0 Å². The number of aliphatic hydroxyl groups is 4. The molecule has 4 N–H and O–H groups in total. The van der Waals surface area contributed by atoms with Crippen LogP contribution < -0.4 is 0 Å². The molecule has 1 aliphatic rings. The molecule has 3 rings (SSSR count). The van der Waals surface area contributed by atoms with Crippen LogP contribution in [0.3, 0.4) is 0 Å². The lowest BCUT2D eigenvalue weighted by molar-refractivity contribution is -0.231. The first-order chi connectivity index (χ1) is 12.4. The van der Waals surface area contributed by atoms with Gasteiger partial charge in [0.1, 0.15) is 30.5 Å². The predicted molar refractivity (Wildman–Crippen MR) is 94.6 cm³/mol. The maximum absolute atomic E-state index is 11.4. The van der Waals surface area contributed by atoms with Gasteiger partial charge in [0.2, 0.25) is 0 Å². The van der Waals surface area contributed by atoms with Crippen LogP contribution in [0.25, 0.3) is 11.1 Å². The van der Waals surface area contributed by atoms with Gasteiger partial charge in [-0.15, -0.1) is 0 Å². The Kier molecular flexibility index (Phi) is 5.50. The van der Waals surface area contributed by atoms with Crippen molar-refractivity contribution < 1.29 is 30.0 Å². The second-order valence-electron chi connectivity index (χ2n) is 6.51. The largest absolute Gasteiger partial charge is 0.394 e. The monoisotopic (exact) mass is 358 g/mol. The van der Waals surface area contributed by atoms with E-state index in [4.69, 9.17) is 4.74 Å². The highest BCUT2D eigenvalue weighted by atomic mass is 16.5. The number of Topliss-reactive ketones (excluding diaryl/α,β-unsaturated/α-hetero) is 1. The van der Waals surface area contributed by atoms with Crippen molar-refractivity contribution in [2.75, 3.05) is 6.61 Å². The van der Waals surface area contributed by atoms with E-state index in [0.717, 1.165) is 11.1 Å². The minimum Gasteiger partial charge on any atom is -0.394 e. The van der Waals surface area contributed by atoms with Crippen molar-refractivity contribution in [3.8, 4) is 11.1 Å². The zero-order valence-electron chi connectivity index (χ0n) is 14.3. The van der Waals surface area contributed by atoms with Crippen LogP contribution in [-0.2, 0) is 4.74 Å². The first-order valence-electron chi connectivity index (χ1n) is 8.44. The molecule has 0 radical (unpaired) electrons. The van der Waals surface area contributed by atoms with E-state index in [1.54, 1.807) is 24.3 Å². The summed E-state index contributed by atoms with van der Waals surface area (Å²) in [7, 11) is 0. The molecule has 3 unspecified atom stereocenters. The maximum atomic E-state index is 11.4. The molecule has 0 aliphatic carbocycles. The van der Waals surface area contributed by atoms with E-state index in [9.17, 15) is 25.2 Å². The highest BCUT2D eigenvalue weighted by molar-refractivity contribution is 5.94. The van der Waals surface area contributed by atoms with Crippen molar-refractivity contribution in [1.82, 2.24) is 0 Å². The molecule has 6 nitrogen and oxygen atoms in total. The second-order valence-corrected chi connectivity index (χ2v) is 6.51. The van der Waals surface area contributed by atoms with Crippen molar-refractivity contribution >= 4 is 5.78 Å². The average Bonchev–Trinajstić information content (AvgIpc) is 2.66. The molecular formula is C20H22O6. The molecule has 1 heterocycles. The third-order valence-corrected chi connectivity index (χ3v) is 4.73. The number of carbonyl (C=O) groups excluding carboxylic acids is 1. The summed E-state index contributed by atoms with van der Waals surface area (Å²) < 4.78 is 5.60. The number of hydrogen-bond donors (Lipinski definition) is 4. The standard InChI is InChI=1S/C20H22O6/c1-11(22)12-5-7-13(8-6-12)14-3-2-4-15(9-14)20-19(25)18(24)17(23)16(10-21)26-20/h2-9,16-21,23-25H,10H2,1H3/t16?,17-,18?,19?,20-/m1/s1. The van der Waals surface area contributed by atoms with E-state index in [2.05, 4.69) is 0 Å². The summed E-state index contributed by atoms with van der Waals surface area (Å²) in [4.78, 5) is 11.4. The Labute approximate surface area is 151 Å². The van der Waals surface area contributed by atoms with Crippen LogP contribution in [0.15, 0.2) is 48.5 Å². The van der Waals surface area contributed by atoms with Crippen molar-refractivity contribution in [2.24, 2.45) is 0 Å². The molecule has 1 saturated heterocycles. The van der Waals surface area contributed by atoms with Gasteiger partial charge in [-0.25, -0.2) is 0 Å². The van der Waals surface area contributed by atoms with Gasteiger partial charge >= 0.3 is 0 Å². The van der Waals surface area contributed by atoms with E-state index in [0.29, 0.717) is 11.1 Å². The minimum atomic E-state index is -1.41. The van der Waals surface area contributed by atoms with Crippen LogP contribution in [0.4, 0.5) is 0 Å². The van der Waals surface area contributed by atoms with Crippen molar-refractivity contribution in [3.05, 3.63) is 59.7 Å². The lowest BCUT2D eigenvalue weighted by Gasteiger charge is -2.40. The summed E-state index contributed by atoms with van der Waals surface area (Å²) in [5.74, 6) is -0.00776. The minimum absolute atomic E-state index is 0.00776. The predicted octanol–water partition coefficient (Wildman–Crippen LogP) is 1.07. The van der Waals surface area contributed by atoms with E-state index in [1.165, 1.54) is 6.92 Å². The molecule has 138 valence electrons. The molecule has 0 amide bonds. The molecule has 2 aromatic carbocycles. The van der Waals surface area contributed by atoms with Gasteiger partial charge in [-0.2, -0.15) is 0 Å². The number of carbonyl (C=O) groups is 1. The summed E-state index contributed by atoms with van der Waals surface area (Å²) in [6.45, 7) is 1.04. The zero-order valence-corrected chi connectivity index (χ0v) is 14.3. The van der Waals surface area contributed by atoms with E-state index in [-0.39, 0.29) is 5.78 Å². The molecular weight excluding hydrogens is 336 g/mol. The average molecular weight is 358 g/mol. The first-order valence-corrected chi connectivity index (χ1v) is 8.44. The lowest BCUT2D eigenvalue weighted by Crippen LogP contribution is -2.55. The van der Waals surface area contributed by atoms with Crippen LogP contribution in [-0.4, -0.2) is 57.2 Å². The summed E-state index contributed by atoms with van der Waals surface area (Å²) in [5.41, 5.74) is 2.99. The van der Waals surface area contributed by atoms with E-state index >= 15 is 0 Å². The molecule has 1 fully saturated rings. The van der Waals surface area contributed by atoms with Gasteiger partial charge in [0.05, 0.1) is 6.61 Å². The fourth-order valence-corrected chi connectivity index (χ4v) is 3.17. The van der Waals surface area contributed by atoms with Gasteiger partial charge in [0.15, 0.2) is 5.78 Å². The summed E-state index contributed by atoms with van der Waals surface area (Å²) in [6, 6.07) is 14.4. The van der Waals surface area contributed by atoms with Gasteiger partial charge in [0, 0.05) is 5.56 Å². The van der Waals surface area contributed by atoms with Crippen LogP contribution in [0.5, 0.6) is 0 Å². The Morgan fingerprint density at radius 2 is 1.65 bits per heavy atom. The summed E-state index contributed by atoms with van der Waals surface area (Å²) in [5, 5.41) is 39.5. The summed E-state index contributed by atoms with van der Waals surface area (Å²) in [6.07, 6.45) is -5.93. The zero-order chi connectivity index (χ0) is 18.8. The SMILES string of the molecule is CC(=O)c1ccc(-c2cccc([C@H]3OC(CO)[C@@H](O)C(O)C3O)c2)cc1. The molecule has 1 aliphatic heterocycles. The normalized spacial score (nSPS) is 28.7. The Morgan fingerprint density at radius 1 is 0.962 bits per heavy atom. The fraction of sp³-hybridized carbons (Fsp3) is 0.350. The van der Waals surface area contributed by atoms with Gasteiger partial charge in [-0.1, -0.05) is 42.5 Å². The first kappa shape index (κ1) is 18.7. The molecule has 26 heavy (non-hydrogen) atoms. The molecule has 0 spiro atoms. The van der Waals surface area contributed by atoms with Crippen molar-refractivity contribution in [2.45, 2.75) is 37.4 Å². The van der Waals surface area contributed by atoms with Crippen LogP contribution in [0, 0.1) is 0 Å². The topological polar surface area (TPSA) is 107 Å². The maximum Gasteiger partial charge on any atom is 0.159 e. The number of hydrogen-bond acceptors (Lipinski definition) is 6. The number of benzene rings is 2. The molecule has 5 atom stereocenters. The number of aliphatic hydroxyl groups excluding tert-OH is 4. The second kappa shape index (κ2) is 7.65. The van der Waals surface area contributed by atoms with Gasteiger partial charge in [-0.05, 0) is 29.7 Å². The molecule has 0 aromatic heterocycles. The molecule has 0 saturated carbocycles. The number of ketones is 1. The smallest absolute Gasteiger partial charge is 0.159 e. The van der Waals surface area contributed by atoms with Gasteiger partial charge in [0.25, 0.3) is 0 Å². The van der Waals surface area contributed by atoms with Crippen LogP contribution in [0.1, 0.15) is 28.9 Å². The number of rotatable bonds is 4. The van der Waals surface area contributed by atoms with Crippen LogP contribution >= 0.6 is 0 Å².